The molecule has 98 valence electrons. The van der Waals surface area contributed by atoms with Crippen LogP contribution in [-0.2, 0) is 0 Å². The van der Waals surface area contributed by atoms with Crippen LogP contribution >= 0.6 is 0 Å². The van der Waals surface area contributed by atoms with Crippen molar-refractivity contribution in [2.24, 2.45) is 0 Å². The van der Waals surface area contributed by atoms with Gasteiger partial charge in [0, 0.05) is 5.56 Å². The van der Waals surface area contributed by atoms with Gasteiger partial charge in [-0.3, -0.25) is 4.79 Å². The number of aliphatic hydroxyl groups is 1. The normalized spacial score (nSPS) is 24.3. The third-order valence-electron chi connectivity index (χ3n) is 3.38. The van der Waals surface area contributed by atoms with Crippen molar-refractivity contribution in [3.8, 4) is 0 Å². The summed E-state index contributed by atoms with van der Waals surface area (Å²) < 4.78 is 13.0. The molecule has 3 nitrogen and oxygen atoms in total. The quantitative estimate of drug-likeness (QED) is 0.792. The van der Waals surface area contributed by atoms with Crippen LogP contribution in [0.3, 0.4) is 0 Å². The van der Waals surface area contributed by atoms with E-state index >= 15 is 0 Å². The largest absolute Gasteiger partial charge is 0.391 e. The van der Waals surface area contributed by atoms with Crippen molar-refractivity contribution in [3.63, 3.8) is 0 Å². The van der Waals surface area contributed by atoms with Crippen LogP contribution in [0.15, 0.2) is 24.3 Å². The summed E-state index contributed by atoms with van der Waals surface area (Å²) in [5.41, 5.74) is 0.298. The molecule has 0 heterocycles. The van der Waals surface area contributed by atoms with Gasteiger partial charge in [0.2, 0.25) is 0 Å². The summed E-state index contributed by atoms with van der Waals surface area (Å²) >= 11 is 0. The molecular weight excluding hydrogens is 233 g/mol. The highest BCUT2D eigenvalue weighted by molar-refractivity contribution is 5.94. The molecule has 0 aliphatic heterocycles. The van der Waals surface area contributed by atoms with Gasteiger partial charge < -0.3 is 10.4 Å². The Labute approximate surface area is 106 Å². The molecule has 0 saturated heterocycles. The van der Waals surface area contributed by atoms with E-state index in [2.05, 4.69) is 5.32 Å². The van der Waals surface area contributed by atoms with E-state index in [1.807, 2.05) is 0 Å². The number of amides is 1. The van der Waals surface area contributed by atoms with Crippen LogP contribution in [0.1, 0.15) is 42.5 Å². The molecule has 1 saturated carbocycles. The number of carbonyl (C=O) groups excluding carboxylic acids is 1. The second kappa shape index (κ2) is 5.96. The molecule has 0 bridgehead atoms. The lowest BCUT2D eigenvalue weighted by Gasteiger charge is -2.21. The molecule has 1 fully saturated rings. The maximum absolute atomic E-state index is 13.0. The summed E-state index contributed by atoms with van der Waals surface area (Å²) in [6.07, 6.45) is 4.09. The second-order valence-electron chi connectivity index (χ2n) is 4.80. The molecule has 1 aliphatic carbocycles. The van der Waals surface area contributed by atoms with Crippen molar-refractivity contribution < 1.29 is 14.3 Å². The molecule has 18 heavy (non-hydrogen) atoms. The van der Waals surface area contributed by atoms with Gasteiger partial charge in [-0.1, -0.05) is 25.3 Å². The van der Waals surface area contributed by atoms with Gasteiger partial charge in [0.05, 0.1) is 12.1 Å². The lowest BCUT2D eigenvalue weighted by Crippen LogP contribution is -2.42. The number of carbonyl (C=O) groups is 1. The Kier molecular flexibility index (Phi) is 4.31. The van der Waals surface area contributed by atoms with Crippen LogP contribution in [0.4, 0.5) is 4.39 Å². The van der Waals surface area contributed by atoms with Gasteiger partial charge in [-0.2, -0.15) is 0 Å². The number of hydrogen-bond donors (Lipinski definition) is 2. The summed E-state index contributed by atoms with van der Waals surface area (Å²) in [5.74, 6) is -0.746. The van der Waals surface area contributed by atoms with Crippen molar-refractivity contribution in [3.05, 3.63) is 35.6 Å². The zero-order chi connectivity index (χ0) is 13.0. The lowest BCUT2D eigenvalue weighted by atomic mass is 10.1. The fourth-order valence-corrected chi connectivity index (χ4v) is 2.34. The molecule has 2 N–H and O–H groups in total. The van der Waals surface area contributed by atoms with Crippen LogP contribution < -0.4 is 5.32 Å². The Morgan fingerprint density at radius 1 is 1.28 bits per heavy atom. The predicted molar refractivity (Wildman–Crippen MR) is 66.7 cm³/mol. The fourth-order valence-electron chi connectivity index (χ4n) is 2.34. The highest BCUT2D eigenvalue weighted by atomic mass is 19.1. The Morgan fingerprint density at radius 3 is 2.83 bits per heavy atom. The Morgan fingerprint density at radius 2 is 2.06 bits per heavy atom. The maximum Gasteiger partial charge on any atom is 0.251 e. The van der Waals surface area contributed by atoms with Crippen LogP contribution in [0.5, 0.6) is 0 Å². The first-order valence-electron chi connectivity index (χ1n) is 6.41. The first kappa shape index (κ1) is 13.0. The Hall–Kier alpha value is -1.42. The Balaban J connectivity index is 2.01. The second-order valence-corrected chi connectivity index (χ2v) is 4.80. The summed E-state index contributed by atoms with van der Waals surface area (Å²) in [6, 6.07) is 5.37. The standard InChI is InChI=1S/C14H18FNO2/c15-11-6-4-5-10(9-11)14(18)16-12-7-2-1-3-8-13(12)17/h4-6,9,12-13,17H,1-3,7-8H2,(H,16,18). The van der Waals surface area contributed by atoms with Crippen molar-refractivity contribution in [1.82, 2.24) is 5.32 Å². The SMILES string of the molecule is O=C(NC1CCCCCC1O)c1cccc(F)c1. The molecular formula is C14H18FNO2. The van der Waals surface area contributed by atoms with Gasteiger partial charge in [0.15, 0.2) is 0 Å². The van der Waals surface area contributed by atoms with E-state index in [1.54, 1.807) is 6.07 Å². The zero-order valence-corrected chi connectivity index (χ0v) is 10.2. The zero-order valence-electron chi connectivity index (χ0n) is 10.2. The molecule has 1 aromatic carbocycles. The Bertz CT molecular complexity index is 422. The van der Waals surface area contributed by atoms with E-state index < -0.39 is 11.9 Å². The van der Waals surface area contributed by atoms with E-state index in [-0.39, 0.29) is 11.9 Å². The topological polar surface area (TPSA) is 49.3 Å². The van der Waals surface area contributed by atoms with Crippen LogP contribution in [0, 0.1) is 5.82 Å². The van der Waals surface area contributed by atoms with Crippen LogP contribution in [0.2, 0.25) is 0 Å². The van der Waals surface area contributed by atoms with Crippen LogP contribution in [0.25, 0.3) is 0 Å². The van der Waals surface area contributed by atoms with Gasteiger partial charge in [-0.05, 0) is 31.0 Å². The van der Waals surface area contributed by atoms with E-state index in [9.17, 15) is 14.3 Å². The van der Waals surface area contributed by atoms with E-state index in [4.69, 9.17) is 0 Å². The summed E-state index contributed by atoms with van der Waals surface area (Å²) in [5, 5.41) is 12.7. The fraction of sp³-hybridized carbons (Fsp3) is 0.500. The number of benzene rings is 1. The molecule has 1 aromatic rings. The third kappa shape index (κ3) is 3.29. The number of hydrogen-bond acceptors (Lipinski definition) is 2. The molecule has 2 rings (SSSR count). The highest BCUT2D eigenvalue weighted by Gasteiger charge is 2.23. The molecule has 0 aromatic heterocycles. The number of nitrogens with one attached hydrogen (secondary N) is 1. The minimum Gasteiger partial charge on any atom is -0.391 e. The van der Waals surface area contributed by atoms with Gasteiger partial charge in [0.1, 0.15) is 5.82 Å². The van der Waals surface area contributed by atoms with Crippen LogP contribution in [-0.4, -0.2) is 23.2 Å². The first-order valence-corrected chi connectivity index (χ1v) is 6.41. The summed E-state index contributed by atoms with van der Waals surface area (Å²) in [7, 11) is 0. The van der Waals surface area contributed by atoms with Crippen molar-refractivity contribution in [1.29, 1.82) is 0 Å². The molecule has 0 spiro atoms. The monoisotopic (exact) mass is 251 g/mol. The number of aliphatic hydroxyl groups excluding tert-OH is 1. The molecule has 4 heteroatoms. The third-order valence-corrected chi connectivity index (χ3v) is 3.38. The minimum absolute atomic E-state index is 0.219. The average Bonchev–Trinajstić information content (AvgIpc) is 2.55. The summed E-state index contributed by atoms with van der Waals surface area (Å²) in [6.45, 7) is 0. The van der Waals surface area contributed by atoms with Gasteiger partial charge in [-0.25, -0.2) is 4.39 Å². The van der Waals surface area contributed by atoms with Crippen molar-refractivity contribution >= 4 is 5.91 Å². The van der Waals surface area contributed by atoms with E-state index in [0.29, 0.717) is 12.0 Å². The summed E-state index contributed by atoms with van der Waals surface area (Å²) in [4.78, 5) is 11.9. The predicted octanol–water partition coefficient (Wildman–Crippen LogP) is 2.25. The van der Waals surface area contributed by atoms with Crippen molar-refractivity contribution in [2.75, 3.05) is 0 Å². The average molecular weight is 251 g/mol. The number of rotatable bonds is 2. The highest BCUT2D eigenvalue weighted by Crippen LogP contribution is 2.18. The smallest absolute Gasteiger partial charge is 0.251 e. The molecule has 1 amide bonds. The molecule has 1 aliphatic rings. The number of halogens is 1. The van der Waals surface area contributed by atoms with E-state index in [0.717, 1.165) is 25.7 Å². The maximum atomic E-state index is 13.0. The van der Waals surface area contributed by atoms with Crippen molar-refractivity contribution in [2.45, 2.75) is 44.2 Å². The van der Waals surface area contributed by atoms with E-state index in [1.165, 1.54) is 18.2 Å². The molecule has 2 atom stereocenters. The lowest BCUT2D eigenvalue weighted by molar-refractivity contribution is 0.0818. The minimum atomic E-state index is -0.495. The van der Waals surface area contributed by atoms with Gasteiger partial charge in [-0.15, -0.1) is 0 Å². The van der Waals surface area contributed by atoms with Gasteiger partial charge in [0.25, 0.3) is 5.91 Å². The first-order chi connectivity index (χ1) is 8.66. The molecule has 2 unspecified atom stereocenters. The van der Waals surface area contributed by atoms with Gasteiger partial charge >= 0.3 is 0 Å². The molecule has 0 radical (unpaired) electrons.